The molecule has 2 aliphatic heterocycles. The lowest BCUT2D eigenvalue weighted by Gasteiger charge is -2.20. The number of hydrogen-bond donors (Lipinski definition) is 1. The summed E-state index contributed by atoms with van der Waals surface area (Å²) in [7, 11) is 0. The van der Waals surface area contributed by atoms with Crippen molar-refractivity contribution in [3.63, 3.8) is 0 Å². The Labute approximate surface area is 113 Å². The summed E-state index contributed by atoms with van der Waals surface area (Å²) >= 11 is 2.13. The number of thioether (sulfide) groups is 1. The number of ether oxygens (including phenoxy) is 1. The van der Waals surface area contributed by atoms with Crippen LogP contribution in [0.5, 0.6) is 0 Å². The fourth-order valence-corrected chi connectivity index (χ4v) is 4.27. The van der Waals surface area contributed by atoms with Gasteiger partial charge in [0.1, 0.15) is 0 Å². The van der Waals surface area contributed by atoms with E-state index in [1.807, 2.05) is 0 Å². The first-order valence-corrected chi connectivity index (χ1v) is 7.86. The van der Waals surface area contributed by atoms with Gasteiger partial charge in [0.2, 0.25) is 0 Å². The Bertz CT molecular complexity index is 382. The molecule has 2 heterocycles. The molecule has 2 nitrogen and oxygen atoms in total. The van der Waals surface area contributed by atoms with Crippen molar-refractivity contribution < 1.29 is 4.74 Å². The molecule has 0 aliphatic carbocycles. The third-order valence-electron chi connectivity index (χ3n) is 3.95. The summed E-state index contributed by atoms with van der Waals surface area (Å²) in [6.45, 7) is 4.24. The van der Waals surface area contributed by atoms with E-state index >= 15 is 0 Å². The van der Waals surface area contributed by atoms with Gasteiger partial charge in [-0.15, -0.1) is 0 Å². The SMILES string of the molecule is CC1OCCC1SC1CCc2ccccc2NC1. The average Bonchev–Trinajstić information content (AvgIpc) is 2.68. The maximum atomic E-state index is 5.66. The summed E-state index contributed by atoms with van der Waals surface area (Å²) < 4.78 is 5.66. The first-order valence-electron chi connectivity index (χ1n) is 6.92. The van der Waals surface area contributed by atoms with Crippen LogP contribution in [0.15, 0.2) is 24.3 Å². The van der Waals surface area contributed by atoms with Crippen molar-refractivity contribution in [3.05, 3.63) is 29.8 Å². The van der Waals surface area contributed by atoms with Gasteiger partial charge >= 0.3 is 0 Å². The predicted octanol–water partition coefficient (Wildman–Crippen LogP) is 3.32. The smallest absolute Gasteiger partial charge is 0.0666 e. The molecule has 2 aliphatic rings. The Kier molecular flexibility index (Phi) is 3.80. The Morgan fingerprint density at radius 1 is 1.28 bits per heavy atom. The van der Waals surface area contributed by atoms with Crippen LogP contribution >= 0.6 is 11.8 Å². The van der Waals surface area contributed by atoms with Gasteiger partial charge in [-0.25, -0.2) is 0 Å². The molecule has 3 atom stereocenters. The van der Waals surface area contributed by atoms with Crippen LogP contribution in [-0.2, 0) is 11.2 Å². The molecule has 1 N–H and O–H groups in total. The lowest BCUT2D eigenvalue weighted by atomic mass is 10.1. The van der Waals surface area contributed by atoms with Crippen molar-refractivity contribution in [1.29, 1.82) is 0 Å². The number of hydrogen-bond acceptors (Lipinski definition) is 3. The highest BCUT2D eigenvalue weighted by Crippen LogP contribution is 2.33. The molecule has 18 heavy (non-hydrogen) atoms. The topological polar surface area (TPSA) is 21.3 Å². The zero-order valence-electron chi connectivity index (χ0n) is 10.9. The molecule has 1 fully saturated rings. The molecule has 0 radical (unpaired) electrons. The van der Waals surface area contributed by atoms with Gasteiger partial charge in [-0.1, -0.05) is 18.2 Å². The molecule has 1 aromatic carbocycles. The molecule has 3 heteroatoms. The van der Waals surface area contributed by atoms with Gasteiger partial charge in [0.25, 0.3) is 0 Å². The zero-order valence-corrected chi connectivity index (χ0v) is 11.7. The predicted molar refractivity (Wildman–Crippen MR) is 78.5 cm³/mol. The highest BCUT2D eigenvalue weighted by Gasteiger charge is 2.28. The molecule has 0 spiro atoms. The third kappa shape index (κ3) is 2.67. The Morgan fingerprint density at radius 2 is 2.17 bits per heavy atom. The number of nitrogens with one attached hydrogen (secondary N) is 1. The van der Waals surface area contributed by atoms with Gasteiger partial charge in [0.05, 0.1) is 6.10 Å². The minimum atomic E-state index is 0.431. The molecule has 1 aromatic rings. The van der Waals surface area contributed by atoms with Gasteiger partial charge in [0, 0.05) is 29.3 Å². The van der Waals surface area contributed by atoms with E-state index in [0.29, 0.717) is 16.6 Å². The maximum absolute atomic E-state index is 5.66. The van der Waals surface area contributed by atoms with Gasteiger partial charge < -0.3 is 10.1 Å². The number of para-hydroxylation sites is 1. The van der Waals surface area contributed by atoms with Crippen LogP contribution in [0.4, 0.5) is 5.69 Å². The second-order valence-corrected chi connectivity index (χ2v) is 6.78. The monoisotopic (exact) mass is 263 g/mol. The summed E-state index contributed by atoms with van der Waals surface area (Å²) in [4.78, 5) is 0. The molecule has 3 rings (SSSR count). The minimum absolute atomic E-state index is 0.431. The summed E-state index contributed by atoms with van der Waals surface area (Å²) in [6, 6.07) is 8.70. The van der Waals surface area contributed by atoms with E-state index in [-0.39, 0.29) is 0 Å². The van der Waals surface area contributed by atoms with Crippen molar-refractivity contribution in [2.24, 2.45) is 0 Å². The number of fused-ring (bicyclic) bond motifs is 1. The molecular formula is C15H21NOS. The largest absolute Gasteiger partial charge is 0.384 e. The van der Waals surface area contributed by atoms with Gasteiger partial charge in [-0.3, -0.25) is 0 Å². The fourth-order valence-electron chi connectivity index (χ4n) is 2.81. The summed E-state index contributed by atoms with van der Waals surface area (Å²) in [5.41, 5.74) is 2.80. The van der Waals surface area contributed by atoms with Crippen LogP contribution in [0.25, 0.3) is 0 Å². The normalized spacial score (nSPS) is 31.5. The van der Waals surface area contributed by atoms with E-state index in [9.17, 15) is 0 Å². The van der Waals surface area contributed by atoms with Crippen LogP contribution in [0.1, 0.15) is 25.3 Å². The van der Waals surface area contributed by atoms with E-state index in [1.54, 1.807) is 0 Å². The fraction of sp³-hybridized carbons (Fsp3) is 0.600. The first kappa shape index (κ1) is 12.4. The second-order valence-electron chi connectivity index (χ2n) is 5.24. The van der Waals surface area contributed by atoms with E-state index in [0.717, 1.165) is 13.2 Å². The molecular weight excluding hydrogens is 242 g/mol. The van der Waals surface area contributed by atoms with Crippen LogP contribution in [0.3, 0.4) is 0 Å². The van der Waals surface area contributed by atoms with E-state index in [4.69, 9.17) is 4.74 Å². The third-order valence-corrected chi connectivity index (χ3v) is 5.70. The summed E-state index contributed by atoms with van der Waals surface area (Å²) in [5.74, 6) is 0. The summed E-state index contributed by atoms with van der Waals surface area (Å²) in [6.07, 6.45) is 4.12. The molecule has 1 saturated heterocycles. The van der Waals surface area contributed by atoms with Crippen LogP contribution in [0, 0.1) is 0 Å². The van der Waals surface area contributed by atoms with Gasteiger partial charge in [-0.05, 0) is 37.8 Å². The Hall–Kier alpha value is -0.670. The Balaban J connectivity index is 1.61. The Morgan fingerprint density at radius 3 is 3.00 bits per heavy atom. The first-order chi connectivity index (χ1) is 8.83. The van der Waals surface area contributed by atoms with E-state index in [2.05, 4.69) is 48.3 Å². The summed E-state index contributed by atoms with van der Waals surface area (Å²) in [5, 5.41) is 5.01. The van der Waals surface area contributed by atoms with Crippen molar-refractivity contribution in [3.8, 4) is 0 Å². The van der Waals surface area contributed by atoms with Crippen molar-refractivity contribution in [1.82, 2.24) is 0 Å². The number of benzene rings is 1. The standard InChI is InChI=1S/C15H21NOS/c1-11-15(8-9-17-11)18-13-7-6-12-4-2-3-5-14(12)16-10-13/h2-5,11,13,15-16H,6-10H2,1H3. The molecule has 0 amide bonds. The van der Waals surface area contributed by atoms with Crippen LogP contribution in [0.2, 0.25) is 0 Å². The highest BCUT2D eigenvalue weighted by atomic mass is 32.2. The van der Waals surface area contributed by atoms with E-state index in [1.165, 1.54) is 30.5 Å². The lowest BCUT2D eigenvalue weighted by molar-refractivity contribution is 0.127. The van der Waals surface area contributed by atoms with Gasteiger partial charge in [0.15, 0.2) is 0 Å². The van der Waals surface area contributed by atoms with E-state index < -0.39 is 0 Å². The number of aryl methyl sites for hydroxylation is 1. The van der Waals surface area contributed by atoms with Crippen molar-refractivity contribution in [2.45, 2.75) is 42.8 Å². The van der Waals surface area contributed by atoms with Crippen LogP contribution in [-0.4, -0.2) is 29.8 Å². The highest BCUT2D eigenvalue weighted by molar-refractivity contribution is 8.00. The number of anilines is 1. The molecule has 3 unspecified atom stereocenters. The van der Waals surface area contributed by atoms with Crippen molar-refractivity contribution in [2.75, 3.05) is 18.5 Å². The minimum Gasteiger partial charge on any atom is -0.384 e. The zero-order chi connectivity index (χ0) is 12.4. The maximum Gasteiger partial charge on any atom is 0.0666 e. The van der Waals surface area contributed by atoms with Crippen molar-refractivity contribution >= 4 is 17.4 Å². The average molecular weight is 263 g/mol. The molecule has 98 valence electrons. The molecule has 0 aromatic heterocycles. The molecule has 0 saturated carbocycles. The quantitative estimate of drug-likeness (QED) is 0.884. The second kappa shape index (κ2) is 5.54. The van der Waals surface area contributed by atoms with Gasteiger partial charge in [-0.2, -0.15) is 11.8 Å². The lowest BCUT2D eigenvalue weighted by Crippen LogP contribution is -2.22. The number of rotatable bonds is 2. The van der Waals surface area contributed by atoms with Crippen LogP contribution < -0.4 is 5.32 Å². The molecule has 0 bridgehead atoms.